The number of carbonyl (C=O) groups is 2. The van der Waals surface area contributed by atoms with E-state index in [0.29, 0.717) is 6.42 Å². The Morgan fingerprint density at radius 1 is 1.05 bits per heavy atom. The van der Waals surface area contributed by atoms with Crippen LogP contribution in [0.1, 0.15) is 12.0 Å². The molecule has 210 valence electrons. The Bertz CT molecular complexity index is 1000. The molecule has 0 aromatic heterocycles. The fourth-order valence-corrected chi connectivity index (χ4v) is 4.10. The number of phenolic OH excluding ortho intramolecular Hbond substituents is 1. The molecule has 0 radical (unpaired) electrons. The number of esters is 2. The first-order valence-corrected chi connectivity index (χ1v) is 11.8. The topological polar surface area (TPSA) is 202 Å². The van der Waals surface area contributed by atoms with Crippen LogP contribution in [0.15, 0.2) is 47.7 Å². The van der Waals surface area contributed by atoms with E-state index >= 15 is 0 Å². The van der Waals surface area contributed by atoms with E-state index in [-0.39, 0.29) is 29.9 Å². The number of aliphatic hydroxyl groups excluding tert-OH is 5. The monoisotopic (exact) mass is 540 g/mol. The largest absolute Gasteiger partial charge is 0.508 e. The molecule has 1 aromatic rings. The normalized spacial score (nSPS) is 30.3. The maximum atomic E-state index is 12.7. The summed E-state index contributed by atoms with van der Waals surface area (Å²) in [6.07, 6.45) is -6.99. The molecule has 2 aliphatic rings. The number of hydrogen-bond donors (Lipinski definition) is 6. The summed E-state index contributed by atoms with van der Waals surface area (Å²) >= 11 is 0. The lowest BCUT2D eigenvalue weighted by molar-refractivity contribution is -0.327. The molecule has 0 bridgehead atoms. The molecule has 2 heterocycles. The number of hydrogen-bond acceptors (Lipinski definition) is 13. The third kappa shape index (κ3) is 7.08. The van der Waals surface area contributed by atoms with Crippen LogP contribution in [-0.2, 0) is 39.7 Å². The maximum absolute atomic E-state index is 12.7. The Kier molecular flexibility index (Phi) is 10.6. The number of carbonyl (C=O) groups excluding carboxylic acids is 2. The van der Waals surface area contributed by atoms with Crippen LogP contribution in [0.2, 0.25) is 0 Å². The Balaban J connectivity index is 1.75. The fourth-order valence-electron chi connectivity index (χ4n) is 4.10. The van der Waals surface area contributed by atoms with Crippen LogP contribution in [0.4, 0.5) is 0 Å². The molecule has 13 heteroatoms. The zero-order valence-corrected chi connectivity index (χ0v) is 20.6. The van der Waals surface area contributed by atoms with Crippen molar-refractivity contribution in [2.24, 2.45) is 5.92 Å². The molecule has 0 saturated carbocycles. The van der Waals surface area contributed by atoms with E-state index in [1.165, 1.54) is 18.2 Å². The van der Waals surface area contributed by atoms with Crippen molar-refractivity contribution in [3.05, 3.63) is 53.3 Å². The predicted molar refractivity (Wildman–Crippen MR) is 126 cm³/mol. The van der Waals surface area contributed by atoms with Crippen LogP contribution in [-0.4, -0.2) is 107 Å². The second kappa shape index (κ2) is 13.7. The summed E-state index contributed by atoms with van der Waals surface area (Å²) in [5.74, 6) is -2.39. The predicted octanol–water partition coefficient (Wildman–Crippen LogP) is -1.37. The molecule has 1 fully saturated rings. The van der Waals surface area contributed by atoms with Gasteiger partial charge in [-0.25, -0.2) is 4.79 Å². The molecule has 1 aromatic carbocycles. The van der Waals surface area contributed by atoms with E-state index in [1.54, 1.807) is 12.1 Å². The van der Waals surface area contributed by atoms with Gasteiger partial charge in [0, 0.05) is 17.9 Å². The molecule has 3 rings (SSSR count). The molecule has 0 amide bonds. The average Bonchev–Trinajstić information content (AvgIpc) is 2.91. The Hall–Kier alpha value is -3.04. The summed E-state index contributed by atoms with van der Waals surface area (Å²) in [6.45, 7) is -1.19. The zero-order valence-electron chi connectivity index (χ0n) is 20.6. The van der Waals surface area contributed by atoms with Gasteiger partial charge >= 0.3 is 11.9 Å². The number of rotatable bonds is 10. The van der Waals surface area contributed by atoms with E-state index in [1.807, 2.05) is 0 Å². The molecule has 7 unspecified atom stereocenters. The van der Waals surface area contributed by atoms with Gasteiger partial charge in [0.05, 0.1) is 45.2 Å². The third-order valence-corrected chi connectivity index (χ3v) is 6.18. The molecule has 7 atom stereocenters. The second-order valence-electron chi connectivity index (χ2n) is 8.65. The highest BCUT2D eigenvalue weighted by Crippen LogP contribution is 2.36. The first-order valence-electron chi connectivity index (χ1n) is 11.8. The van der Waals surface area contributed by atoms with Gasteiger partial charge in [0.2, 0.25) is 6.29 Å². The Morgan fingerprint density at radius 2 is 1.76 bits per heavy atom. The van der Waals surface area contributed by atoms with Gasteiger partial charge in [-0.2, -0.15) is 0 Å². The number of methoxy groups -OCH3 is 1. The van der Waals surface area contributed by atoms with Crippen molar-refractivity contribution in [3.8, 4) is 5.75 Å². The van der Waals surface area contributed by atoms with Gasteiger partial charge in [-0.05, 0) is 17.7 Å². The molecular formula is C25H32O13. The van der Waals surface area contributed by atoms with E-state index in [9.17, 15) is 40.2 Å². The highest BCUT2D eigenvalue weighted by molar-refractivity contribution is 5.90. The lowest BCUT2D eigenvalue weighted by Crippen LogP contribution is -2.60. The molecule has 0 spiro atoms. The van der Waals surface area contributed by atoms with Gasteiger partial charge in [-0.1, -0.05) is 18.2 Å². The maximum Gasteiger partial charge on any atom is 0.337 e. The van der Waals surface area contributed by atoms with Crippen LogP contribution in [0, 0.1) is 5.92 Å². The summed E-state index contributed by atoms with van der Waals surface area (Å²) in [6, 6.07) is 6.38. The summed E-state index contributed by atoms with van der Waals surface area (Å²) < 4.78 is 26.6. The summed E-state index contributed by atoms with van der Waals surface area (Å²) in [5.41, 5.74) is 0.879. The van der Waals surface area contributed by atoms with E-state index in [4.69, 9.17) is 23.7 Å². The van der Waals surface area contributed by atoms with Crippen LogP contribution in [0.25, 0.3) is 0 Å². The standard InChI is InChI=1S/C25H32O13/c1-34-23(33)17-12-36-24(38-25-22(32)21(31)20(30)18(11-27)37-25)15(6-8-26)16(17)10-19(29)35-9-7-13-2-4-14(28)5-3-13/h2-6,12,16,18,20-22,24-28,30-32H,7-11H2,1H3. The molecule has 0 aliphatic carbocycles. The quantitative estimate of drug-likeness (QED) is 0.150. The summed E-state index contributed by atoms with van der Waals surface area (Å²) in [5, 5.41) is 58.8. The minimum Gasteiger partial charge on any atom is -0.508 e. The van der Waals surface area contributed by atoms with Gasteiger partial charge in [0.25, 0.3) is 0 Å². The van der Waals surface area contributed by atoms with Crippen LogP contribution >= 0.6 is 0 Å². The molecule has 13 nitrogen and oxygen atoms in total. The summed E-state index contributed by atoms with van der Waals surface area (Å²) in [7, 11) is 1.14. The van der Waals surface area contributed by atoms with E-state index in [2.05, 4.69) is 0 Å². The number of phenols is 1. The molecule has 2 aliphatic heterocycles. The zero-order chi connectivity index (χ0) is 27.8. The first kappa shape index (κ1) is 29.5. The van der Waals surface area contributed by atoms with Crippen LogP contribution in [0.5, 0.6) is 5.75 Å². The van der Waals surface area contributed by atoms with Crippen LogP contribution < -0.4 is 0 Å². The number of aliphatic hydroxyl groups is 5. The minimum absolute atomic E-state index is 0.0218. The number of ether oxygens (including phenoxy) is 5. The highest BCUT2D eigenvalue weighted by Gasteiger charge is 2.47. The van der Waals surface area contributed by atoms with Crippen molar-refractivity contribution in [1.82, 2.24) is 0 Å². The van der Waals surface area contributed by atoms with Crippen molar-refractivity contribution >= 4 is 11.9 Å². The van der Waals surface area contributed by atoms with Gasteiger partial charge in [0.15, 0.2) is 6.29 Å². The Labute approximate surface area is 218 Å². The van der Waals surface area contributed by atoms with Gasteiger partial charge in [-0.15, -0.1) is 0 Å². The molecule has 38 heavy (non-hydrogen) atoms. The first-order chi connectivity index (χ1) is 18.2. The lowest BCUT2D eigenvalue weighted by atomic mass is 9.86. The van der Waals surface area contributed by atoms with Gasteiger partial charge in [0.1, 0.15) is 30.2 Å². The van der Waals surface area contributed by atoms with E-state index < -0.39 is 68.1 Å². The van der Waals surface area contributed by atoms with Crippen molar-refractivity contribution in [1.29, 1.82) is 0 Å². The SMILES string of the molecule is COC(=O)C1=COC(OC2OC(CO)C(O)C(O)C2O)C(=CCO)C1CC(=O)OCCc1ccc(O)cc1. The minimum atomic E-state index is -1.74. The average molecular weight is 541 g/mol. The third-order valence-electron chi connectivity index (χ3n) is 6.18. The van der Waals surface area contributed by atoms with Crippen LogP contribution in [0.3, 0.4) is 0 Å². The lowest BCUT2D eigenvalue weighted by Gasteiger charge is -2.41. The van der Waals surface area contributed by atoms with Crippen molar-refractivity contribution in [2.75, 3.05) is 26.9 Å². The highest BCUT2D eigenvalue weighted by atomic mass is 16.8. The van der Waals surface area contributed by atoms with Gasteiger partial charge in [-0.3, -0.25) is 4.79 Å². The molecule has 1 saturated heterocycles. The molecular weight excluding hydrogens is 508 g/mol. The van der Waals surface area contributed by atoms with E-state index in [0.717, 1.165) is 18.9 Å². The van der Waals surface area contributed by atoms with Gasteiger partial charge < -0.3 is 54.3 Å². The number of benzene rings is 1. The molecule has 6 N–H and O–H groups in total. The van der Waals surface area contributed by atoms with Crippen molar-refractivity contribution in [3.63, 3.8) is 0 Å². The second-order valence-corrected chi connectivity index (χ2v) is 8.65. The summed E-state index contributed by atoms with van der Waals surface area (Å²) in [4.78, 5) is 25.1. The van der Waals surface area contributed by atoms with Crippen molar-refractivity contribution < 1.29 is 63.9 Å². The van der Waals surface area contributed by atoms with Crippen molar-refractivity contribution in [2.45, 2.75) is 49.8 Å². The number of aromatic hydroxyl groups is 1. The Morgan fingerprint density at radius 3 is 2.39 bits per heavy atom. The fraction of sp³-hybridized carbons (Fsp3) is 0.520. The smallest absolute Gasteiger partial charge is 0.337 e.